The summed E-state index contributed by atoms with van der Waals surface area (Å²) in [7, 11) is 0. The fraction of sp³-hybridized carbons (Fsp3) is 0.571. The molecule has 1 saturated heterocycles. The molecule has 1 fully saturated rings. The molecule has 0 amide bonds. The summed E-state index contributed by atoms with van der Waals surface area (Å²) in [6.07, 6.45) is 5.44. The van der Waals surface area contributed by atoms with Gasteiger partial charge in [0.05, 0.1) is 4.92 Å². The fourth-order valence-corrected chi connectivity index (χ4v) is 2.70. The average molecular weight is 248 g/mol. The van der Waals surface area contributed by atoms with Crippen molar-refractivity contribution in [1.29, 1.82) is 0 Å². The predicted molar refractivity (Wildman–Crippen MR) is 71.7 cm³/mol. The zero-order valence-electron chi connectivity index (χ0n) is 10.8. The van der Waals surface area contributed by atoms with Crippen LogP contribution in [-0.4, -0.2) is 17.0 Å². The third kappa shape index (κ3) is 3.29. The Balaban J connectivity index is 1.95. The number of aryl methyl sites for hydroxylation is 1. The van der Waals surface area contributed by atoms with E-state index in [1.54, 1.807) is 12.1 Å². The lowest BCUT2D eigenvalue weighted by atomic mass is 9.94. The molecule has 2 atom stereocenters. The molecular weight excluding hydrogens is 228 g/mol. The topological polar surface area (TPSA) is 55.2 Å². The number of para-hydroxylation sites is 1. The van der Waals surface area contributed by atoms with E-state index in [0.717, 1.165) is 18.4 Å². The van der Waals surface area contributed by atoms with Crippen LogP contribution in [0, 0.1) is 10.1 Å². The first kappa shape index (κ1) is 13.0. The Morgan fingerprint density at radius 1 is 1.39 bits per heavy atom. The molecule has 0 saturated carbocycles. The van der Waals surface area contributed by atoms with Gasteiger partial charge in [-0.25, -0.2) is 0 Å². The Kier molecular flexibility index (Phi) is 4.31. The lowest BCUT2D eigenvalue weighted by Gasteiger charge is -2.28. The van der Waals surface area contributed by atoms with Crippen molar-refractivity contribution in [1.82, 2.24) is 5.32 Å². The number of nitro benzene ring substituents is 1. The Morgan fingerprint density at radius 2 is 2.17 bits per heavy atom. The van der Waals surface area contributed by atoms with Gasteiger partial charge in [0, 0.05) is 23.7 Å². The van der Waals surface area contributed by atoms with Gasteiger partial charge in [0.2, 0.25) is 0 Å². The minimum Gasteiger partial charge on any atom is -0.311 e. The highest BCUT2D eigenvalue weighted by atomic mass is 16.6. The van der Waals surface area contributed by atoms with E-state index in [0.29, 0.717) is 12.1 Å². The van der Waals surface area contributed by atoms with E-state index in [2.05, 4.69) is 12.2 Å². The van der Waals surface area contributed by atoms with Gasteiger partial charge in [-0.1, -0.05) is 24.6 Å². The van der Waals surface area contributed by atoms with Crippen LogP contribution in [0.25, 0.3) is 0 Å². The van der Waals surface area contributed by atoms with E-state index in [1.165, 1.54) is 19.3 Å². The van der Waals surface area contributed by atoms with Gasteiger partial charge in [-0.05, 0) is 32.6 Å². The molecule has 4 nitrogen and oxygen atoms in total. The van der Waals surface area contributed by atoms with Crippen molar-refractivity contribution >= 4 is 5.69 Å². The fourth-order valence-electron chi connectivity index (χ4n) is 2.70. The lowest BCUT2D eigenvalue weighted by Crippen LogP contribution is -2.40. The molecule has 0 radical (unpaired) electrons. The van der Waals surface area contributed by atoms with Gasteiger partial charge >= 0.3 is 0 Å². The zero-order chi connectivity index (χ0) is 13.0. The van der Waals surface area contributed by atoms with E-state index < -0.39 is 0 Å². The third-order valence-electron chi connectivity index (χ3n) is 3.66. The third-order valence-corrected chi connectivity index (χ3v) is 3.66. The maximum Gasteiger partial charge on any atom is 0.272 e. The second-order valence-electron chi connectivity index (χ2n) is 5.12. The standard InChI is InChI=1S/C14H20N2O2/c1-11-5-4-7-13(15-11)10-9-12-6-2-3-8-14(12)16(17)18/h2-3,6,8,11,13,15H,4-5,7,9-10H2,1H3. The van der Waals surface area contributed by atoms with E-state index in [4.69, 9.17) is 0 Å². The predicted octanol–water partition coefficient (Wildman–Crippen LogP) is 3.06. The van der Waals surface area contributed by atoms with Gasteiger partial charge in [0.15, 0.2) is 0 Å². The number of nitrogens with one attached hydrogen (secondary N) is 1. The van der Waals surface area contributed by atoms with Gasteiger partial charge in [0.25, 0.3) is 5.69 Å². The monoisotopic (exact) mass is 248 g/mol. The van der Waals surface area contributed by atoms with E-state index >= 15 is 0 Å². The summed E-state index contributed by atoms with van der Waals surface area (Å²) in [5.41, 5.74) is 1.10. The van der Waals surface area contributed by atoms with Crippen molar-refractivity contribution in [3.8, 4) is 0 Å². The van der Waals surface area contributed by atoms with Crippen molar-refractivity contribution in [2.24, 2.45) is 0 Å². The Labute approximate surface area is 108 Å². The van der Waals surface area contributed by atoms with Crippen LogP contribution in [0.2, 0.25) is 0 Å². The highest BCUT2D eigenvalue weighted by molar-refractivity contribution is 5.39. The van der Waals surface area contributed by atoms with Crippen LogP contribution in [0.4, 0.5) is 5.69 Å². The Morgan fingerprint density at radius 3 is 2.89 bits per heavy atom. The molecule has 1 aromatic carbocycles. The van der Waals surface area contributed by atoms with E-state index in [-0.39, 0.29) is 10.6 Å². The normalized spacial score (nSPS) is 23.8. The molecule has 0 aromatic heterocycles. The van der Waals surface area contributed by atoms with Gasteiger partial charge in [0.1, 0.15) is 0 Å². The Bertz CT molecular complexity index is 420. The molecule has 1 aliphatic heterocycles. The lowest BCUT2D eigenvalue weighted by molar-refractivity contribution is -0.385. The van der Waals surface area contributed by atoms with Crippen molar-refractivity contribution in [2.75, 3.05) is 0 Å². The van der Waals surface area contributed by atoms with Crippen molar-refractivity contribution in [2.45, 2.75) is 51.1 Å². The molecule has 0 bridgehead atoms. The molecule has 1 N–H and O–H groups in total. The number of hydrogen-bond donors (Lipinski definition) is 1. The first-order valence-corrected chi connectivity index (χ1v) is 6.65. The van der Waals surface area contributed by atoms with Crippen LogP contribution in [0.5, 0.6) is 0 Å². The molecule has 1 heterocycles. The number of benzene rings is 1. The van der Waals surface area contributed by atoms with Crippen molar-refractivity contribution < 1.29 is 4.92 Å². The molecule has 0 spiro atoms. The molecule has 1 aromatic rings. The largest absolute Gasteiger partial charge is 0.311 e. The summed E-state index contributed by atoms with van der Waals surface area (Å²) in [6, 6.07) is 8.14. The van der Waals surface area contributed by atoms with Gasteiger partial charge < -0.3 is 5.32 Å². The van der Waals surface area contributed by atoms with Crippen LogP contribution >= 0.6 is 0 Å². The summed E-state index contributed by atoms with van der Waals surface area (Å²) in [5.74, 6) is 0. The highest BCUT2D eigenvalue weighted by Crippen LogP contribution is 2.22. The first-order chi connectivity index (χ1) is 8.66. The van der Waals surface area contributed by atoms with Gasteiger partial charge in [-0.3, -0.25) is 10.1 Å². The average Bonchev–Trinajstić information content (AvgIpc) is 2.37. The molecule has 2 unspecified atom stereocenters. The minimum atomic E-state index is -0.285. The summed E-state index contributed by atoms with van der Waals surface area (Å²) in [4.78, 5) is 10.6. The molecule has 0 aliphatic carbocycles. The highest BCUT2D eigenvalue weighted by Gasteiger charge is 2.19. The SMILES string of the molecule is CC1CCCC(CCc2ccccc2[N+](=O)[O-])N1. The number of hydrogen-bond acceptors (Lipinski definition) is 3. The van der Waals surface area contributed by atoms with Gasteiger partial charge in [-0.15, -0.1) is 0 Å². The smallest absolute Gasteiger partial charge is 0.272 e. The molecule has 18 heavy (non-hydrogen) atoms. The van der Waals surface area contributed by atoms with Crippen LogP contribution in [0.1, 0.15) is 38.2 Å². The molecule has 1 aliphatic rings. The second-order valence-corrected chi connectivity index (χ2v) is 5.12. The summed E-state index contributed by atoms with van der Waals surface area (Å²) in [6.45, 7) is 2.21. The van der Waals surface area contributed by atoms with Crippen molar-refractivity contribution in [3.05, 3.63) is 39.9 Å². The van der Waals surface area contributed by atoms with Crippen LogP contribution < -0.4 is 5.32 Å². The summed E-state index contributed by atoms with van der Waals surface area (Å²) in [5, 5.41) is 14.5. The summed E-state index contributed by atoms with van der Waals surface area (Å²) >= 11 is 0. The van der Waals surface area contributed by atoms with Crippen LogP contribution in [-0.2, 0) is 6.42 Å². The van der Waals surface area contributed by atoms with Crippen molar-refractivity contribution in [3.63, 3.8) is 0 Å². The maximum absolute atomic E-state index is 10.9. The number of nitro groups is 1. The first-order valence-electron chi connectivity index (χ1n) is 6.65. The number of rotatable bonds is 4. The second kappa shape index (κ2) is 5.96. The van der Waals surface area contributed by atoms with E-state index in [1.807, 2.05) is 12.1 Å². The number of piperidine rings is 1. The molecule has 2 rings (SSSR count). The molecular formula is C14H20N2O2. The quantitative estimate of drug-likeness (QED) is 0.658. The number of nitrogens with zero attached hydrogens (tertiary/aromatic N) is 1. The summed E-state index contributed by atoms with van der Waals surface area (Å²) < 4.78 is 0. The van der Waals surface area contributed by atoms with E-state index in [9.17, 15) is 10.1 Å². The maximum atomic E-state index is 10.9. The Hall–Kier alpha value is -1.42. The zero-order valence-corrected chi connectivity index (χ0v) is 10.8. The molecule has 98 valence electrons. The van der Waals surface area contributed by atoms with Crippen LogP contribution in [0.15, 0.2) is 24.3 Å². The molecule has 4 heteroatoms. The minimum absolute atomic E-state index is 0.251. The van der Waals surface area contributed by atoms with Gasteiger partial charge in [-0.2, -0.15) is 0 Å². The van der Waals surface area contributed by atoms with Crippen LogP contribution in [0.3, 0.4) is 0 Å².